The molecule has 1 saturated heterocycles. The van der Waals surface area contributed by atoms with Gasteiger partial charge in [-0.1, -0.05) is 17.7 Å². The average Bonchev–Trinajstić information content (AvgIpc) is 2.55. The van der Waals surface area contributed by atoms with E-state index in [4.69, 9.17) is 17.0 Å². The first kappa shape index (κ1) is 18.8. The van der Waals surface area contributed by atoms with Crippen molar-refractivity contribution < 1.29 is 9.64 Å². The highest BCUT2D eigenvalue weighted by Crippen LogP contribution is 2.13. The predicted octanol–water partition coefficient (Wildman–Crippen LogP) is 0.715. The van der Waals surface area contributed by atoms with Crippen LogP contribution in [-0.2, 0) is 4.74 Å². The summed E-state index contributed by atoms with van der Waals surface area (Å²) in [5, 5.41) is 8.04. The number of nitrogens with one attached hydrogen (secondary N) is 3. The number of aryl methyl sites for hydroxylation is 3. The maximum Gasteiger partial charge on any atom is 0.186 e. The van der Waals surface area contributed by atoms with Crippen molar-refractivity contribution in [2.75, 3.05) is 39.4 Å². The molecule has 1 fully saturated rings. The summed E-state index contributed by atoms with van der Waals surface area (Å²) in [5.41, 5.74) is 7.77. The third kappa shape index (κ3) is 6.19. The van der Waals surface area contributed by atoms with Crippen LogP contribution in [0, 0.1) is 20.8 Å². The number of rotatable bonds is 6. The van der Waals surface area contributed by atoms with E-state index in [1.54, 1.807) is 4.90 Å². The molecule has 0 spiro atoms. The summed E-state index contributed by atoms with van der Waals surface area (Å²) < 4.78 is 5.37. The molecule has 2 rings (SSSR count). The van der Waals surface area contributed by atoms with Crippen molar-refractivity contribution in [3.63, 3.8) is 0 Å². The Balaban J connectivity index is 1.67. The van der Waals surface area contributed by atoms with Crippen LogP contribution in [0.25, 0.3) is 0 Å². The van der Waals surface area contributed by atoms with E-state index in [1.165, 1.54) is 16.7 Å². The molecule has 0 amide bonds. The van der Waals surface area contributed by atoms with Gasteiger partial charge in [-0.05, 0) is 44.1 Å². The smallest absolute Gasteiger partial charge is 0.186 e. The SMILES string of the molecule is Cc1cc(C)c(/C=N\NC(=S)NCCC[NH+]2CCOCC2)c(C)c1. The largest absolute Gasteiger partial charge is 0.370 e. The Kier molecular flexibility index (Phi) is 7.62. The first-order valence-corrected chi connectivity index (χ1v) is 9.03. The number of quaternary nitrogens is 1. The number of thiocarbonyl (C=S) groups is 1. The van der Waals surface area contributed by atoms with E-state index in [-0.39, 0.29) is 0 Å². The van der Waals surface area contributed by atoms with Gasteiger partial charge in [-0.3, -0.25) is 5.43 Å². The second-order valence-corrected chi connectivity index (χ2v) is 6.81. The number of hydrogen-bond donors (Lipinski definition) is 3. The molecular formula is C18H29N4OS+. The van der Waals surface area contributed by atoms with E-state index in [0.717, 1.165) is 51.4 Å². The monoisotopic (exact) mass is 349 g/mol. The van der Waals surface area contributed by atoms with E-state index in [2.05, 4.69) is 48.7 Å². The van der Waals surface area contributed by atoms with Crippen LogP contribution < -0.4 is 15.6 Å². The molecule has 0 saturated carbocycles. The first-order chi connectivity index (χ1) is 11.6. The van der Waals surface area contributed by atoms with E-state index >= 15 is 0 Å². The fourth-order valence-electron chi connectivity index (χ4n) is 3.04. The molecule has 0 atom stereocenters. The summed E-state index contributed by atoms with van der Waals surface area (Å²) in [6.45, 7) is 12.3. The zero-order valence-corrected chi connectivity index (χ0v) is 15.8. The molecule has 1 aliphatic rings. The Hall–Kier alpha value is -1.50. The van der Waals surface area contributed by atoms with Gasteiger partial charge in [-0.15, -0.1) is 0 Å². The molecule has 24 heavy (non-hydrogen) atoms. The summed E-state index contributed by atoms with van der Waals surface area (Å²) in [6, 6.07) is 4.33. The van der Waals surface area contributed by atoms with Crippen LogP contribution in [0.2, 0.25) is 0 Å². The van der Waals surface area contributed by atoms with Gasteiger partial charge in [0, 0.05) is 18.5 Å². The third-order valence-corrected chi connectivity index (χ3v) is 4.53. The van der Waals surface area contributed by atoms with Gasteiger partial charge in [0.05, 0.1) is 26.0 Å². The van der Waals surface area contributed by atoms with E-state index in [1.807, 2.05) is 6.21 Å². The van der Waals surface area contributed by atoms with Crippen LogP contribution >= 0.6 is 12.2 Å². The lowest BCUT2D eigenvalue weighted by Crippen LogP contribution is -3.14. The van der Waals surface area contributed by atoms with Crippen molar-refractivity contribution in [2.24, 2.45) is 5.10 Å². The molecule has 0 radical (unpaired) electrons. The maximum absolute atomic E-state index is 5.37. The van der Waals surface area contributed by atoms with Crippen molar-refractivity contribution in [2.45, 2.75) is 27.2 Å². The van der Waals surface area contributed by atoms with Gasteiger partial charge in [0.15, 0.2) is 5.11 Å². The molecule has 0 aromatic heterocycles. The van der Waals surface area contributed by atoms with E-state index in [9.17, 15) is 0 Å². The lowest BCUT2D eigenvalue weighted by molar-refractivity contribution is -0.908. The molecule has 5 nitrogen and oxygen atoms in total. The predicted molar refractivity (Wildman–Crippen MR) is 103 cm³/mol. The fraction of sp³-hybridized carbons (Fsp3) is 0.556. The van der Waals surface area contributed by atoms with Crippen LogP contribution in [0.15, 0.2) is 17.2 Å². The molecule has 0 aliphatic carbocycles. The molecule has 1 heterocycles. The maximum atomic E-state index is 5.37. The Morgan fingerprint density at radius 1 is 1.25 bits per heavy atom. The summed E-state index contributed by atoms with van der Waals surface area (Å²) in [4.78, 5) is 1.62. The van der Waals surface area contributed by atoms with Gasteiger partial charge in [0.1, 0.15) is 13.1 Å². The van der Waals surface area contributed by atoms with E-state index < -0.39 is 0 Å². The van der Waals surface area contributed by atoms with Gasteiger partial charge in [-0.25, -0.2) is 0 Å². The van der Waals surface area contributed by atoms with Crippen LogP contribution in [0.3, 0.4) is 0 Å². The second kappa shape index (κ2) is 9.71. The topological polar surface area (TPSA) is 50.1 Å². The van der Waals surface area contributed by atoms with Crippen LogP contribution in [0.5, 0.6) is 0 Å². The quantitative estimate of drug-likeness (QED) is 0.307. The average molecular weight is 350 g/mol. The van der Waals surface area contributed by atoms with Gasteiger partial charge < -0.3 is 15.0 Å². The highest BCUT2D eigenvalue weighted by Gasteiger charge is 2.12. The summed E-state index contributed by atoms with van der Waals surface area (Å²) in [5.74, 6) is 0. The van der Waals surface area contributed by atoms with Crippen molar-refractivity contribution in [1.29, 1.82) is 0 Å². The minimum Gasteiger partial charge on any atom is -0.370 e. The normalized spacial score (nSPS) is 15.6. The van der Waals surface area contributed by atoms with Crippen LogP contribution in [0.1, 0.15) is 28.7 Å². The van der Waals surface area contributed by atoms with Crippen molar-refractivity contribution in [3.8, 4) is 0 Å². The van der Waals surface area contributed by atoms with E-state index in [0.29, 0.717) is 5.11 Å². The molecule has 6 heteroatoms. The zero-order chi connectivity index (χ0) is 17.4. The molecule has 1 aliphatic heterocycles. The van der Waals surface area contributed by atoms with Crippen molar-refractivity contribution >= 4 is 23.5 Å². The molecule has 1 aromatic carbocycles. The lowest BCUT2D eigenvalue weighted by atomic mass is 10.0. The zero-order valence-electron chi connectivity index (χ0n) is 14.9. The highest BCUT2D eigenvalue weighted by molar-refractivity contribution is 7.80. The minimum atomic E-state index is 0.575. The van der Waals surface area contributed by atoms with Crippen LogP contribution in [0.4, 0.5) is 0 Å². The number of hydrogen-bond acceptors (Lipinski definition) is 3. The molecule has 1 aromatic rings. The number of benzene rings is 1. The van der Waals surface area contributed by atoms with Crippen molar-refractivity contribution in [3.05, 3.63) is 34.4 Å². The molecule has 0 unspecified atom stereocenters. The Morgan fingerprint density at radius 2 is 1.92 bits per heavy atom. The van der Waals surface area contributed by atoms with Gasteiger partial charge in [-0.2, -0.15) is 5.10 Å². The van der Waals surface area contributed by atoms with Gasteiger partial charge in [0.2, 0.25) is 0 Å². The Morgan fingerprint density at radius 3 is 2.58 bits per heavy atom. The Labute approximate surface area is 150 Å². The fourth-order valence-corrected chi connectivity index (χ4v) is 3.19. The number of hydrazone groups is 1. The first-order valence-electron chi connectivity index (χ1n) is 8.62. The third-order valence-electron chi connectivity index (χ3n) is 4.29. The molecule has 3 N–H and O–H groups in total. The summed E-state index contributed by atoms with van der Waals surface area (Å²) in [7, 11) is 0. The molecule has 0 bridgehead atoms. The summed E-state index contributed by atoms with van der Waals surface area (Å²) >= 11 is 5.26. The van der Waals surface area contributed by atoms with Crippen molar-refractivity contribution in [1.82, 2.24) is 10.7 Å². The van der Waals surface area contributed by atoms with Gasteiger partial charge >= 0.3 is 0 Å². The number of morpholine rings is 1. The van der Waals surface area contributed by atoms with Crippen LogP contribution in [-0.4, -0.2) is 50.7 Å². The standard InChI is InChI=1S/C18H28N4OS/c1-14-11-15(2)17(16(3)12-14)13-20-21-18(24)19-5-4-6-22-7-9-23-10-8-22/h11-13H,4-10H2,1-3H3,(H2,19,21,24)/p+1/b20-13-. The molecule has 132 valence electrons. The molecular weight excluding hydrogens is 320 g/mol. The van der Waals surface area contributed by atoms with Gasteiger partial charge in [0.25, 0.3) is 0 Å². The lowest BCUT2D eigenvalue weighted by Gasteiger charge is -2.23. The Bertz CT molecular complexity index is 559. The number of nitrogens with zero attached hydrogens (tertiary/aromatic N) is 1. The summed E-state index contributed by atoms with van der Waals surface area (Å²) in [6.07, 6.45) is 2.94. The minimum absolute atomic E-state index is 0.575. The second-order valence-electron chi connectivity index (χ2n) is 6.40. The number of ether oxygens (including phenoxy) is 1. The highest BCUT2D eigenvalue weighted by atomic mass is 32.1.